The number of nitrogen functional groups attached to an aromatic ring is 1. The zero-order valence-corrected chi connectivity index (χ0v) is 19.5. The van der Waals surface area contributed by atoms with Gasteiger partial charge in [0, 0.05) is 53.9 Å². The van der Waals surface area contributed by atoms with Crippen LogP contribution >= 0.6 is 22.9 Å². The van der Waals surface area contributed by atoms with Crippen LogP contribution in [0.25, 0.3) is 0 Å². The van der Waals surface area contributed by atoms with Crippen molar-refractivity contribution in [3.05, 3.63) is 80.7 Å². The summed E-state index contributed by atoms with van der Waals surface area (Å²) in [6, 6.07) is 12.2. The molecule has 1 saturated heterocycles. The minimum atomic E-state index is -4.36. The molecule has 1 aliphatic rings. The van der Waals surface area contributed by atoms with Crippen molar-refractivity contribution in [2.45, 2.75) is 19.6 Å². The summed E-state index contributed by atoms with van der Waals surface area (Å²) in [5, 5.41) is 1.05. The van der Waals surface area contributed by atoms with Gasteiger partial charge in [-0.05, 0) is 55.0 Å². The molecule has 0 amide bonds. The van der Waals surface area contributed by atoms with E-state index in [0.717, 1.165) is 16.5 Å². The van der Waals surface area contributed by atoms with Gasteiger partial charge in [-0.15, -0.1) is 11.3 Å². The number of anilines is 2. The molecule has 9 heteroatoms. The number of nitrogens with two attached hydrogens (primary N) is 1. The first-order valence-electron chi connectivity index (χ1n) is 10.5. The smallest absolute Gasteiger partial charge is 0.390 e. The van der Waals surface area contributed by atoms with Crippen LogP contribution in [0.1, 0.15) is 31.9 Å². The number of benzene rings is 2. The van der Waals surface area contributed by atoms with Crippen LogP contribution in [-0.4, -0.2) is 36.9 Å². The molecule has 3 aromatic rings. The van der Waals surface area contributed by atoms with Gasteiger partial charge >= 0.3 is 6.18 Å². The Balaban J connectivity index is 1.47. The fourth-order valence-electron chi connectivity index (χ4n) is 4.05. The number of nitrogens with zero attached hydrogens (tertiary/aromatic N) is 2. The number of piperazine rings is 1. The third kappa shape index (κ3) is 5.18. The Morgan fingerprint density at radius 3 is 2.39 bits per heavy atom. The van der Waals surface area contributed by atoms with Crippen LogP contribution in [0.4, 0.5) is 23.9 Å². The van der Waals surface area contributed by atoms with Gasteiger partial charge in [0.1, 0.15) is 0 Å². The number of carbonyl (C=O) groups is 1. The Morgan fingerprint density at radius 1 is 1.09 bits per heavy atom. The molecular weight excluding hydrogens is 471 g/mol. The lowest BCUT2D eigenvalue weighted by atomic mass is 9.99. The first-order valence-corrected chi connectivity index (χ1v) is 11.7. The van der Waals surface area contributed by atoms with Crippen molar-refractivity contribution in [2.75, 3.05) is 36.8 Å². The van der Waals surface area contributed by atoms with Crippen LogP contribution < -0.4 is 10.6 Å². The standard InChI is InChI=1S/C24H23ClF3N3OS/c1-15-20(21(23(29)33-15)22(32)16-5-7-18(25)8-6-16)14-30-9-11-31(12-10-30)19-4-2-3-17(13-19)24(26,27)28/h2-8,13H,9-12,14,29H2,1H3. The van der Waals surface area contributed by atoms with Crippen molar-refractivity contribution in [3.8, 4) is 0 Å². The lowest BCUT2D eigenvalue weighted by Gasteiger charge is -2.36. The second-order valence-corrected chi connectivity index (χ2v) is 9.72. The summed E-state index contributed by atoms with van der Waals surface area (Å²) in [6.45, 7) is 5.04. The van der Waals surface area contributed by atoms with E-state index < -0.39 is 11.7 Å². The van der Waals surface area contributed by atoms with Crippen molar-refractivity contribution in [3.63, 3.8) is 0 Å². The van der Waals surface area contributed by atoms with E-state index in [1.807, 2.05) is 11.8 Å². The molecule has 0 bridgehead atoms. The molecule has 1 aliphatic heterocycles. The average molecular weight is 494 g/mol. The van der Waals surface area contributed by atoms with Crippen LogP contribution in [0.3, 0.4) is 0 Å². The third-order valence-corrected chi connectivity index (χ3v) is 7.09. The van der Waals surface area contributed by atoms with Crippen molar-refractivity contribution in [1.29, 1.82) is 0 Å². The van der Waals surface area contributed by atoms with Crippen LogP contribution in [0.15, 0.2) is 48.5 Å². The Morgan fingerprint density at radius 2 is 1.76 bits per heavy atom. The average Bonchev–Trinajstić information content (AvgIpc) is 3.06. The van der Waals surface area contributed by atoms with Crippen LogP contribution in [0.5, 0.6) is 0 Å². The SMILES string of the molecule is Cc1sc(N)c(C(=O)c2ccc(Cl)cc2)c1CN1CCN(c2cccc(C(F)(F)F)c2)CC1. The number of hydrogen-bond acceptors (Lipinski definition) is 5. The number of carbonyl (C=O) groups excluding carboxylic acids is 1. The molecule has 4 rings (SSSR count). The van der Waals surface area contributed by atoms with Crippen molar-refractivity contribution >= 4 is 39.4 Å². The Kier molecular flexibility index (Phi) is 6.70. The van der Waals surface area contributed by atoms with E-state index in [1.165, 1.54) is 23.5 Å². The van der Waals surface area contributed by atoms with Crippen LogP contribution in [0, 0.1) is 6.92 Å². The lowest BCUT2D eigenvalue weighted by Crippen LogP contribution is -2.46. The lowest BCUT2D eigenvalue weighted by molar-refractivity contribution is -0.137. The van der Waals surface area contributed by atoms with Gasteiger partial charge in [-0.2, -0.15) is 13.2 Å². The summed E-state index contributed by atoms with van der Waals surface area (Å²) in [7, 11) is 0. The molecule has 0 saturated carbocycles. The van der Waals surface area contributed by atoms with Gasteiger partial charge in [0.2, 0.25) is 0 Å². The summed E-state index contributed by atoms with van der Waals surface area (Å²) >= 11 is 7.34. The maximum absolute atomic E-state index is 13.2. The molecule has 1 aromatic heterocycles. The van der Waals surface area contributed by atoms with Crippen molar-refractivity contribution in [2.24, 2.45) is 0 Å². The molecule has 2 heterocycles. The predicted octanol–water partition coefficient (Wildman–Crippen LogP) is 5.86. The highest BCUT2D eigenvalue weighted by molar-refractivity contribution is 7.16. The predicted molar refractivity (Wildman–Crippen MR) is 127 cm³/mol. The highest BCUT2D eigenvalue weighted by atomic mass is 35.5. The number of rotatable bonds is 5. The number of hydrogen-bond donors (Lipinski definition) is 1. The first-order chi connectivity index (χ1) is 15.6. The summed E-state index contributed by atoms with van der Waals surface area (Å²) < 4.78 is 39.2. The number of ketones is 1. The van der Waals surface area contributed by atoms with Gasteiger partial charge in [-0.3, -0.25) is 9.69 Å². The van der Waals surface area contributed by atoms with Crippen molar-refractivity contribution in [1.82, 2.24) is 4.90 Å². The van der Waals surface area contributed by atoms with Gasteiger partial charge in [0.25, 0.3) is 0 Å². The molecule has 0 atom stereocenters. The zero-order chi connectivity index (χ0) is 23.8. The molecule has 33 heavy (non-hydrogen) atoms. The highest BCUT2D eigenvalue weighted by Crippen LogP contribution is 2.35. The van der Waals surface area contributed by atoms with E-state index in [-0.39, 0.29) is 5.78 Å². The molecule has 1 fully saturated rings. The van der Waals surface area contributed by atoms with Gasteiger partial charge in [-0.25, -0.2) is 0 Å². The van der Waals surface area contributed by atoms with Crippen LogP contribution in [-0.2, 0) is 12.7 Å². The highest BCUT2D eigenvalue weighted by Gasteiger charge is 2.31. The van der Waals surface area contributed by atoms with Gasteiger partial charge in [0.05, 0.1) is 16.1 Å². The first kappa shape index (κ1) is 23.6. The zero-order valence-electron chi connectivity index (χ0n) is 18.0. The minimum Gasteiger partial charge on any atom is -0.390 e. The van der Waals surface area contributed by atoms with E-state index in [2.05, 4.69) is 4.90 Å². The van der Waals surface area contributed by atoms with Gasteiger partial charge in [0.15, 0.2) is 5.78 Å². The normalized spacial score (nSPS) is 15.1. The number of aryl methyl sites for hydroxylation is 1. The molecule has 0 spiro atoms. The van der Waals surface area contributed by atoms with E-state index in [4.69, 9.17) is 17.3 Å². The Labute approximate surface area is 199 Å². The molecule has 2 aromatic carbocycles. The van der Waals surface area contributed by atoms with Crippen LogP contribution in [0.2, 0.25) is 5.02 Å². The fourth-order valence-corrected chi connectivity index (χ4v) is 5.12. The van der Waals surface area contributed by atoms with E-state index >= 15 is 0 Å². The maximum Gasteiger partial charge on any atom is 0.416 e. The monoisotopic (exact) mass is 493 g/mol. The molecule has 0 aliphatic carbocycles. The molecule has 0 radical (unpaired) electrons. The van der Waals surface area contributed by atoms with E-state index in [0.29, 0.717) is 59.6 Å². The number of thiophene rings is 1. The minimum absolute atomic E-state index is 0.133. The molecular formula is C24H23ClF3N3OS. The third-order valence-electron chi connectivity index (χ3n) is 5.86. The summed E-state index contributed by atoms with van der Waals surface area (Å²) in [5.41, 5.74) is 8.11. The largest absolute Gasteiger partial charge is 0.416 e. The fraction of sp³-hybridized carbons (Fsp3) is 0.292. The van der Waals surface area contributed by atoms with Gasteiger partial charge < -0.3 is 10.6 Å². The topological polar surface area (TPSA) is 49.6 Å². The molecule has 0 unspecified atom stereocenters. The Hall–Kier alpha value is -2.55. The summed E-state index contributed by atoms with van der Waals surface area (Å²) in [4.78, 5) is 18.3. The number of halogens is 4. The van der Waals surface area contributed by atoms with Crippen molar-refractivity contribution < 1.29 is 18.0 Å². The number of alkyl halides is 3. The summed E-state index contributed by atoms with van der Waals surface area (Å²) in [5.74, 6) is -0.133. The second-order valence-electron chi connectivity index (χ2n) is 8.02. The quantitative estimate of drug-likeness (QED) is 0.452. The molecule has 4 nitrogen and oxygen atoms in total. The van der Waals surface area contributed by atoms with E-state index in [9.17, 15) is 18.0 Å². The second kappa shape index (κ2) is 9.37. The van der Waals surface area contributed by atoms with Gasteiger partial charge in [-0.1, -0.05) is 17.7 Å². The van der Waals surface area contributed by atoms with E-state index in [1.54, 1.807) is 30.3 Å². The Bertz CT molecular complexity index is 1150. The maximum atomic E-state index is 13.2. The molecule has 174 valence electrons. The molecule has 2 N–H and O–H groups in total. The summed E-state index contributed by atoms with van der Waals surface area (Å²) in [6.07, 6.45) is -4.36.